The summed E-state index contributed by atoms with van der Waals surface area (Å²) in [6.45, 7) is 1.51. The zero-order valence-electron chi connectivity index (χ0n) is 13.5. The lowest BCUT2D eigenvalue weighted by atomic mass is 9.63. The summed E-state index contributed by atoms with van der Waals surface area (Å²) in [4.78, 5) is 0. The van der Waals surface area contributed by atoms with E-state index in [4.69, 9.17) is 4.74 Å². The van der Waals surface area contributed by atoms with Crippen molar-refractivity contribution in [2.75, 3.05) is 13.2 Å². The molecular formula is C22H19NO. The zero-order valence-corrected chi connectivity index (χ0v) is 13.5. The van der Waals surface area contributed by atoms with Crippen molar-refractivity contribution in [3.63, 3.8) is 0 Å². The van der Waals surface area contributed by atoms with Gasteiger partial charge in [0.2, 0.25) is 0 Å². The fraction of sp³-hybridized carbons (Fsp3) is 0.318. The Labute approximate surface area is 142 Å². The molecule has 2 aromatic carbocycles. The number of benzene rings is 2. The number of hydrogen-bond donors (Lipinski definition) is 0. The average Bonchev–Trinajstić information content (AvgIpc) is 2.95. The van der Waals surface area contributed by atoms with Crippen molar-refractivity contribution >= 4 is 0 Å². The maximum Gasteiger partial charge on any atom is 0.107 e. The van der Waals surface area contributed by atoms with Gasteiger partial charge in [0.05, 0.1) is 19.3 Å². The highest BCUT2D eigenvalue weighted by atomic mass is 16.5. The van der Waals surface area contributed by atoms with Gasteiger partial charge in [0.25, 0.3) is 0 Å². The number of fused-ring (bicyclic) bond motifs is 1. The average molecular weight is 313 g/mol. The van der Waals surface area contributed by atoms with Gasteiger partial charge in [-0.1, -0.05) is 66.7 Å². The van der Waals surface area contributed by atoms with Crippen LogP contribution in [0.3, 0.4) is 0 Å². The summed E-state index contributed by atoms with van der Waals surface area (Å²) in [5.41, 5.74) is 3.10. The van der Waals surface area contributed by atoms with E-state index >= 15 is 0 Å². The molecule has 1 saturated heterocycles. The van der Waals surface area contributed by atoms with Crippen LogP contribution in [0.25, 0.3) is 0 Å². The van der Waals surface area contributed by atoms with E-state index in [1.165, 1.54) is 16.7 Å². The number of nitrogens with zero attached hydrogens (tertiary/aromatic N) is 1. The summed E-state index contributed by atoms with van der Waals surface area (Å²) in [5.74, 6) is 0.593. The van der Waals surface area contributed by atoms with Gasteiger partial charge in [-0.15, -0.1) is 0 Å². The van der Waals surface area contributed by atoms with Crippen molar-refractivity contribution in [2.24, 2.45) is 5.92 Å². The van der Waals surface area contributed by atoms with Crippen molar-refractivity contribution in [2.45, 2.75) is 23.2 Å². The molecule has 2 unspecified atom stereocenters. The summed E-state index contributed by atoms with van der Waals surface area (Å²) in [7, 11) is 0. The van der Waals surface area contributed by atoms with Crippen LogP contribution in [0.5, 0.6) is 0 Å². The smallest absolute Gasteiger partial charge is 0.107 e. The molecule has 4 aliphatic rings. The van der Waals surface area contributed by atoms with Gasteiger partial charge in [-0.05, 0) is 29.0 Å². The van der Waals surface area contributed by atoms with E-state index in [0.717, 1.165) is 19.6 Å². The van der Waals surface area contributed by atoms with Crippen LogP contribution in [0.15, 0.2) is 66.7 Å². The Hall–Kier alpha value is -2.37. The Bertz CT molecular complexity index is 865. The molecule has 0 amide bonds. The standard InChI is InChI=1S/C22H19NO/c23-14-21-10-11-22(19-9-5-4-8-18(19)21)15-24-13-17(22)12-20(21)16-6-2-1-3-7-16/h1-11,17,20H,12-13,15H2/t17-,20+,21?,22?/m1/s1. The SMILES string of the molecule is N#CC12C=CC3(COC[C@H]3C[C@H]1c1ccccc1)c1ccccc12. The molecule has 0 N–H and O–H groups in total. The van der Waals surface area contributed by atoms with E-state index in [-0.39, 0.29) is 11.3 Å². The minimum atomic E-state index is -0.576. The monoisotopic (exact) mass is 313 g/mol. The third-order valence-electron chi connectivity index (χ3n) is 6.36. The lowest BCUT2D eigenvalue weighted by Gasteiger charge is -2.38. The van der Waals surface area contributed by atoms with Crippen molar-refractivity contribution in [3.05, 3.63) is 83.4 Å². The number of hydrogen-bond acceptors (Lipinski definition) is 2. The number of rotatable bonds is 1. The fourth-order valence-electron chi connectivity index (χ4n) is 5.14. The first-order chi connectivity index (χ1) is 11.8. The van der Waals surface area contributed by atoms with Crippen LogP contribution < -0.4 is 0 Å². The van der Waals surface area contributed by atoms with Crippen LogP contribution >= 0.6 is 0 Å². The van der Waals surface area contributed by atoms with Crippen molar-refractivity contribution in [1.29, 1.82) is 5.26 Å². The van der Waals surface area contributed by atoms with Crippen LogP contribution in [-0.2, 0) is 15.6 Å². The number of allylic oxidation sites excluding steroid dienone is 1. The normalized spacial score (nSPS) is 35.8. The van der Waals surface area contributed by atoms with E-state index in [1.807, 2.05) is 6.07 Å². The number of nitriles is 1. The van der Waals surface area contributed by atoms with Gasteiger partial charge in [0.15, 0.2) is 0 Å². The molecule has 0 aromatic heterocycles. The molecule has 1 spiro atoms. The minimum absolute atomic E-state index is 0.0551. The highest BCUT2D eigenvalue weighted by molar-refractivity contribution is 5.58. The Morgan fingerprint density at radius 2 is 1.71 bits per heavy atom. The molecule has 2 aromatic rings. The van der Waals surface area contributed by atoms with Crippen LogP contribution in [-0.4, -0.2) is 13.2 Å². The van der Waals surface area contributed by atoms with Crippen LogP contribution in [0, 0.1) is 17.2 Å². The van der Waals surface area contributed by atoms with Crippen LogP contribution in [0.2, 0.25) is 0 Å². The topological polar surface area (TPSA) is 33.0 Å². The summed E-state index contributed by atoms with van der Waals surface area (Å²) < 4.78 is 5.94. The van der Waals surface area contributed by atoms with Gasteiger partial charge in [0.1, 0.15) is 5.41 Å². The molecule has 1 fully saturated rings. The molecule has 118 valence electrons. The second-order valence-corrected chi connectivity index (χ2v) is 7.31. The van der Waals surface area contributed by atoms with Gasteiger partial charge in [-0.3, -0.25) is 0 Å². The molecular weight excluding hydrogens is 294 g/mol. The highest BCUT2D eigenvalue weighted by Crippen LogP contribution is 2.59. The fourth-order valence-corrected chi connectivity index (χ4v) is 5.14. The third-order valence-corrected chi connectivity index (χ3v) is 6.36. The predicted octanol–water partition coefficient (Wildman–Crippen LogP) is 4.09. The van der Waals surface area contributed by atoms with Gasteiger partial charge in [-0.25, -0.2) is 0 Å². The molecule has 4 atom stereocenters. The Balaban J connectivity index is 1.82. The molecule has 24 heavy (non-hydrogen) atoms. The lowest BCUT2D eigenvalue weighted by Crippen LogP contribution is -2.37. The molecule has 0 radical (unpaired) electrons. The Morgan fingerprint density at radius 3 is 2.50 bits per heavy atom. The van der Waals surface area contributed by atoms with E-state index in [0.29, 0.717) is 5.92 Å². The van der Waals surface area contributed by atoms with Crippen molar-refractivity contribution in [3.8, 4) is 6.07 Å². The van der Waals surface area contributed by atoms with Gasteiger partial charge < -0.3 is 4.74 Å². The summed E-state index contributed by atoms with van der Waals surface area (Å²) in [6.07, 6.45) is 5.46. The third kappa shape index (κ3) is 1.58. The lowest BCUT2D eigenvalue weighted by molar-refractivity contribution is 0.175. The minimum Gasteiger partial charge on any atom is -0.380 e. The molecule has 2 heteroatoms. The molecule has 2 bridgehead atoms. The second kappa shape index (κ2) is 4.82. The zero-order chi connectivity index (χ0) is 16.2. The second-order valence-electron chi connectivity index (χ2n) is 7.31. The van der Waals surface area contributed by atoms with E-state index < -0.39 is 5.41 Å². The Morgan fingerprint density at radius 1 is 0.958 bits per heavy atom. The first kappa shape index (κ1) is 14.0. The van der Waals surface area contributed by atoms with Crippen LogP contribution in [0.1, 0.15) is 29.0 Å². The molecule has 2 nitrogen and oxygen atoms in total. The van der Waals surface area contributed by atoms with Gasteiger partial charge in [0, 0.05) is 11.3 Å². The molecule has 1 heterocycles. The maximum atomic E-state index is 10.3. The quantitative estimate of drug-likeness (QED) is 0.743. The van der Waals surface area contributed by atoms with E-state index in [2.05, 4.69) is 66.8 Å². The predicted molar refractivity (Wildman–Crippen MR) is 92.7 cm³/mol. The van der Waals surface area contributed by atoms with E-state index in [9.17, 15) is 5.26 Å². The highest BCUT2D eigenvalue weighted by Gasteiger charge is 2.57. The van der Waals surface area contributed by atoms with Crippen LogP contribution in [0.4, 0.5) is 0 Å². The maximum absolute atomic E-state index is 10.3. The largest absolute Gasteiger partial charge is 0.380 e. The first-order valence-corrected chi connectivity index (χ1v) is 8.64. The van der Waals surface area contributed by atoms with Crippen molar-refractivity contribution in [1.82, 2.24) is 0 Å². The molecule has 3 aliphatic carbocycles. The van der Waals surface area contributed by atoms with Crippen molar-refractivity contribution < 1.29 is 4.74 Å². The van der Waals surface area contributed by atoms with E-state index in [1.54, 1.807) is 0 Å². The molecule has 1 aliphatic heterocycles. The summed E-state index contributed by atoms with van der Waals surface area (Å²) >= 11 is 0. The Kier molecular flexibility index (Phi) is 2.81. The number of ether oxygens (including phenoxy) is 1. The summed E-state index contributed by atoms with van der Waals surface area (Å²) in [5, 5.41) is 10.3. The summed E-state index contributed by atoms with van der Waals surface area (Å²) in [6, 6.07) is 21.8. The molecule has 6 rings (SSSR count). The first-order valence-electron chi connectivity index (χ1n) is 8.64. The molecule has 0 saturated carbocycles. The van der Waals surface area contributed by atoms with Gasteiger partial charge in [-0.2, -0.15) is 5.26 Å². The van der Waals surface area contributed by atoms with Gasteiger partial charge >= 0.3 is 0 Å².